The molecule has 0 fully saturated rings. The Morgan fingerprint density at radius 2 is 1.83 bits per heavy atom. The maximum absolute atomic E-state index is 13.7. The normalized spacial score (nSPS) is 19.7. The molecule has 0 bridgehead atoms. The first-order valence-corrected chi connectivity index (χ1v) is 7.17. The zero-order valence-electron chi connectivity index (χ0n) is 13.5. The van der Waals surface area contributed by atoms with Crippen molar-refractivity contribution in [2.24, 2.45) is 5.41 Å². The van der Waals surface area contributed by atoms with Crippen LogP contribution in [0.3, 0.4) is 0 Å². The zero-order chi connectivity index (χ0) is 18.3. The molecular formula is C15H18F4N2O3. The molecule has 1 aliphatic heterocycles. The number of hydrogen-bond acceptors (Lipinski definition) is 3. The Morgan fingerprint density at radius 3 is 2.42 bits per heavy atom. The van der Waals surface area contributed by atoms with Gasteiger partial charge < -0.3 is 15.4 Å². The molecule has 0 aromatic heterocycles. The third-order valence-corrected chi connectivity index (χ3v) is 3.67. The Labute approximate surface area is 136 Å². The molecule has 2 rings (SSSR count). The largest absolute Gasteiger partial charge is 0.540 e. The topological polar surface area (TPSA) is 59.6 Å². The fourth-order valence-electron chi connectivity index (χ4n) is 1.86. The Morgan fingerprint density at radius 1 is 1.21 bits per heavy atom. The molecule has 9 heteroatoms. The molecule has 0 saturated heterocycles. The lowest BCUT2D eigenvalue weighted by Gasteiger charge is -2.31. The second kappa shape index (κ2) is 5.80. The van der Waals surface area contributed by atoms with Crippen LogP contribution in [0.25, 0.3) is 0 Å². The minimum Gasteiger partial charge on any atom is -0.409 e. The molecule has 1 atom stereocenters. The van der Waals surface area contributed by atoms with Crippen LogP contribution in [0.4, 0.5) is 28.0 Å². The van der Waals surface area contributed by atoms with Crippen molar-refractivity contribution in [1.29, 1.82) is 0 Å². The van der Waals surface area contributed by atoms with Crippen LogP contribution in [0.2, 0.25) is 0 Å². The predicted octanol–water partition coefficient (Wildman–Crippen LogP) is 4.25. The molecule has 2 amide bonds. The number of hydrogen-bond donors (Lipinski definition) is 2. The molecule has 134 valence electrons. The molecule has 1 aliphatic rings. The van der Waals surface area contributed by atoms with Gasteiger partial charge in [0.15, 0.2) is 0 Å². The predicted molar refractivity (Wildman–Crippen MR) is 78.1 cm³/mol. The molecule has 1 heterocycles. The standard InChI is InChI=1S/C15H18F4N2O3/c1-8(13(2,3)4)20-12(22)21-9-5-6-11-10(7-9)14(16,17)24-15(18,19)23-11/h5-8H,1-4H3,(H2,20,21,22). The molecule has 0 radical (unpaired) electrons. The summed E-state index contributed by atoms with van der Waals surface area (Å²) in [7, 11) is 0. The SMILES string of the molecule is CC(NC(=O)Nc1ccc2c(c1)C(F)(F)OC(F)(F)O2)C(C)(C)C. The summed E-state index contributed by atoms with van der Waals surface area (Å²) in [6, 6.07) is 2.12. The molecule has 5 nitrogen and oxygen atoms in total. The summed E-state index contributed by atoms with van der Waals surface area (Å²) in [5.41, 5.74) is -1.10. The molecular weight excluding hydrogens is 332 g/mol. The molecule has 0 aliphatic carbocycles. The van der Waals surface area contributed by atoms with E-state index >= 15 is 0 Å². The number of ether oxygens (including phenoxy) is 2. The van der Waals surface area contributed by atoms with Gasteiger partial charge in [0.05, 0.1) is 5.56 Å². The minimum absolute atomic E-state index is 0.00977. The number of amides is 2. The van der Waals surface area contributed by atoms with Crippen LogP contribution in [-0.4, -0.2) is 18.4 Å². The van der Waals surface area contributed by atoms with Crippen molar-refractivity contribution in [3.63, 3.8) is 0 Å². The third-order valence-electron chi connectivity index (χ3n) is 3.67. The molecule has 24 heavy (non-hydrogen) atoms. The summed E-state index contributed by atoms with van der Waals surface area (Å²) >= 11 is 0. The highest BCUT2D eigenvalue weighted by Crippen LogP contribution is 2.46. The summed E-state index contributed by atoms with van der Waals surface area (Å²) in [5.74, 6) is -0.717. The monoisotopic (exact) mass is 350 g/mol. The average Bonchev–Trinajstić information content (AvgIpc) is 2.36. The number of carbonyl (C=O) groups excluding carboxylic acids is 1. The van der Waals surface area contributed by atoms with Crippen molar-refractivity contribution in [3.8, 4) is 5.75 Å². The van der Waals surface area contributed by atoms with Gasteiger partial charge in [-0.15, -0.1) is 8.78 Å². The zero-order valence-corrected chi connectivity index (χ0v) is 13.5. The molecule has 0 spiro atoms. The van der Waals surface area contributed by atoms with E-state index in [1.54, 1.807) is 6.92 Å². The van der Waals surface area contributed by atoms with E-state index in [-0.39, 0.29) is 17.1 Å². The number of rotatable bonds is 2. The van der Waals surface area contributed by atoms with Crippen LogP contribution in [0.5, 0.6) is 5.75 Å². The van der Waals surface area contributed by atoms with Crippen LogP contribution >= 0.6 is 0 Å². The second-order valence-electron chi connectivity index (χ2n) is 6.58. The van der Waals surface area contributed by atoms with E-state index in [1.807, 2.05) is 20.8 Å². The number of urea groups is 1. The van der Waals surface area contributed by atoms with Gasteiger partial charge in [-0.3, -0.25) is 0 Å². The van der Waals surface area contributed by atoms with Crippen molar-refractivity contribution in [3.05, 3.63) is 23.8 Å². The van der Waals surface area contributed by atoms with Gasteiger partial charge in [0, 0.05) is 11.7 Å². The number of anilines is 1. The maximum atomic E-state index is 13.7. The number of nitrogens with one attached hydrogen (secondary N) is 2. The summed E-state index contributed by atoms with van der Waals surface area (Å²) in [6.07, 6.45) is -8.67. The number of benzene rings is 1. The molecule has 1 aromatic rings. The number of halogens is 4. The van der Waals surface area contributed by atoms with Crippen LogP contribution < -0.4 is 15.4 Å². The van der Waals surface area contributed by atoms with Crippen molar-refractivity contribution >= 4 is 11.7 Å². The van der Waals surface area contributed by atoms with Crippen molar-refractivity contribution in [2.45, 2.75) is 46.1 Å². The Kier molecular flexibility index (Phi) is 4.43. The minimum atomic E-state index is -4.43. The lowest BCUT2D eigenvalue weighted by molar-refractivity contribution is -0.461. The van der Waals surface area contributed by atoms with Gasteiger partial charge in [-0.05, 0) is 30.5 Å². The van der Waals surface area contributed by atoms with Gasteiger partial charge >= 0.3 is 18.4 Å². The highest BCUT2D eigenvalue weighted by Gasteiger charge is 2.54. The van der Waals surface area contributed by atoms with Gasteiger partial charge in [0.2, 0.25) is 0 Å². The molecule has 1 aromatic carbocycles. The molecule has 0 saturated carbocycles. The van der Waals surface area contributed by atoms with Crippen LogP contribution in [-0.2, 0) is 10.8 Å². The van der Waals surface area contributed by atoms with E-state index in [9.17, 15) is 22.4 Å². The fraction of sp³-hybridized carbons (Fsp3) is 0.533. The smallest absolute Gasteiger partial charge is 0.409 e. The fourth-order valence-corrected chi connectivity index (χ4v) is 1.86. The number of carbonyl (C=O) groups is 1. The highest BCUT2D eigenvalue weighted by molar-refractivity contribution is 5.89. The van der Waals surface area contributed by atoms with Crippen LogP contribution in [0.1, 0.15) is 33.3 Å². The summed E-state index contributed by atoms with van der Waals surface area (Å²) in [6.45, 7) is 7.56. The average molecular weight is 350 g/mol. The van der Waals surface area contributed by atoms with Crippen LogP contribution in [0.15, 0.2) is 18.2 Å². The first-order valence-electron chi connectivity index (χ1n) is 7.17. The summed E-state index contributed by atoms with van der Waals surface area (Å²) in [5, 5.41) is 5.03. The van der Waals surface area contributed by atoms with Gasteiger partial charge in [-0.25, -0.2) is 9.53 Å². The van der Waals surface area contributed by atoms with Gasteiger partial charge in [0.1, 0.15) is 5.75 Å². The molecule has 1 unspecified atom stereocenters. The summed E-state index contributed by atoms with van der Waals surface area (Å²) in [4.78, 5) is 11.9. The first kappa shape index (κ1) is 18.3. The Balaban J connectivity index is 2.16. The maximum Gasteiger partial charge on any atom is 0.540 e. The van der Waals surface area contributed by atoms with Gasteiger partial charge in [-0.1, -0.05) is 20.8 Å². The van der Waals surface area contributed by atoms with E-state index in [4.69, 9.17) is 0 Å². The summed E-state index contributed by atoms with van der Waals surface area (Å²) < 4.78 is 60.6. The number of alkyl halides is 4. The van der Waals surface area contributed by atoms with E-state index in [1.165, 1.54) is 6.07 Å². The second-order valence-corrected chi connectivity index (χ2v) is 6.58. The highest BCUT2D eigenvalue weighted by atomic mass is 19.3. The number of fused-ring (bicyclic) bond motifs is 1. The van der Waals surface area contributed by atoms with Gasteiger partial charge in [0.25, 0.3) is 0 Å². The Bertz CT molecular complexity index is 644. The van der Waals surface area contributed by atoms with E-state index in [0.29, 0.717) is 0 Å². The van der Waals surface area contributed by atoms with E-state index < -0.39 is 29.7 Å². The third kappa shape index (κ3) is 4.08. The van der Waals surface area contributed by atoms with Crippen LogP contribution in [0, 0.1) is 5.41 Å². The lowest BCUT2D eigenvalue weighted by atomic mass is 9.88. The van der Waals surface area contributed by atoms with E-state index in [2.05, 4.69) is 20.1 Å². The van der Waals surface area contributed by atoms with E-state index in [0.717, 1.165) is 12.1 Å². The van der Waals surface area contributed by atoms with Crippen molar-refractivity contribution in [2.75, 3.05) is 5.32 Å². The molecule has 2 N–H and O–H groups in total. The Hall–Kier alpha value is -2.03. The first-order chi connectivity index (χ1) is 10.8. The van der Waals surface area contributed by atoms with Crippen molar-refractivity contribution in [1.82, 2.24) is 5.32 Å². The van der Waals surface area contributed by atoms with Gasteiger partial charge in [-0.2, -0.15) is 8.78 Å². The lowest BCUT2D eigenvalue weighted by Crippen LogP contribution is -2.43. The quantitative estimate of drug-likeness (QED) is 0.784. The van der Waals surface area contributed by atoms with Crippen molar-refractivity contribution < 1.29 is 31.8 Å².